The summed E-state index contributed by atoms with van der Waals surface area (Å²) in [4.78, 5) is 29.0. The molecule has 1 unspecified atom stereocenters. The van der Waals surface area contributed by atoms with Crippen LogP contribution in [0.15, 0.2) is 58.7 Å². The summed E-state index contributed by atoms with van der Waals surface area (Å²) in [5.41, 5.74) is 7.21. The number of carbonyl (C=O) groups is 1. The lowest BCUT2D eigenvalue weighted by Crippen LogP contribution is -2.32. The molecule has 0 bridgehead atoms. The van der Waals surface area contributed by atoms with E-state index < -0.39 is 17.4 Å². The SMILES string of the molecule is CCOC(=O)C1=C(N)Oc2c(c(=O)[nH]c3ccccc23)C1c1cccc(OC)c1OC. The lowest BCUT2D eigenvalue weighted by molar-refractivity contribution is -0.139. The van der Waals surface area contributed by atoms with Crippen molar-refractivity contribution >= 4 is 16.9 Å². The van der Waals surface area contributed by atoms with Crippen molar-refractivity contribution in [2.45, 2.75) is 12.8 Å². The minimum absolute atomic E-state index is 0.0293. The third-order valence-electron chi connectivity index (χ3n) is 5.20. The molecular formula is C23H22N2O6. The maximum absolute atomic E-state index is 13.2. The van der Waals surface area contributed by atoms with Crippen molar-refractivity contribution in [1.29, 1.82) is 0 Å². The summed E-state index contributed by atoms with van der Waals surface area (Å²) in [6.45, 7) is 1.83. The molecule has 1 atom stereocenters. The molecule has 0 aliphatic carbocycles. The predicted molar refractivity (Wildman–Crippen MR) is 114 cm³/mol. The number of methoxy groups -OCH3 is 2. The third kappa shape index (κ3) is 3.26. The second kappa shape index (κ2) is 8.06. The van der Waals surface area contributed by atoms with Crippen molar-refractivity contribution in [1.82, 2.24) is 4.98 Å². The van der Waals surface area contributed by atoms with Crippen LogP contribution in [-0.4, -0.2) is 31.8 Å². The van der Waals surface area contributed by atoms with Crippen LogP contribution in [-0.2, 0) is 9.53 Å². The number of esters is 1. The molecule has 0 radical (unpaired) electrons. The predicted octanol–water partition coefficient (Wildman–Crippen LogP) is 2.80. The van der Waals surface area contributed by atoms with Crippen LogP contribution in [0.1, 0.15) is 24.0 Å². The number of carbonyl (C=O) groups excluding carboxylic acids is 1. The van der Waals surface area contributed by atoms with Crippen molar-refractivity contribution in [3.05, 3.63) is 75.4 Å². The van der Waals surface area contributed by atoms with Crippen molar-refractivity contribution < 1.29 is 23.7 Å². The molecule has 0 saturated carbocycles. The number of para-hydroxylation sites is 2. The lowest BCUT2D eigenvalue weighted by Gasteiger charge is -2.29. The summed E-state index contributed by atoms with van der Waals surface area (Å²) in [5.74, 6) is -0.567. The number of hydrogen-bond acceptors (Lipinski definition) is 7. The normalized spacial score (nSPS) is 15.3. The molecule has 160 valence electrons. The maximum Gasteiger partial charge on any atom is 0.340 e. The number of rotatable bonds is 5. The zero-order chi connectivity index (χ0) is 22.1. The first-order valence-electron chi connectivity index (χ1n) is 9.72. The minimum atomic E-state index is -0.888. The first-order valence-corrected chi connectivity index (χ1v) is 9.72. The number of ether oxygens (including phenoxy) is 4. The van der Waals surface area contributed by atoms with Gasteiger partial charge in [-0.05, 0) is 25.1 Å². The number of hydrogen-bond donors (Lipinski definition) is 2. The van der Waals surface area contributed by atoms with Crippen LogP contribution in [0.2, 0.25) is 0 Å². The fourth-order valence-corrected chi connectivity index (χ4v) is 3.93. The second-order valence-corrected chi connectivity index (χ2v) is 6.86. The van der Waals surface area contributed by atoms with E-state index >= 15 is 0 Å². The van der Waals surface area contributed by atoms with Crippen molar-refractivity contribution in [3.8, 4) is 17.2 Å². The van der Waals surface area contributed by atoms with E-state index in [1.54, 1.807) is 37.3 Å². The van der Waals surface area contributed by atoms with E-state index in [1.165, 1.54) is 14.2 Å². The molecule has 31 heavy (non-hydrogen) atoms. The molecule has 0 spiro atoms. The molecule has 3 aromatic rings. The Labute approximate surface area is 178 Å². The van der Waals surface area contributed by atoms with Gasteiger partial charge in [0.2, 0.25) is 5.88 Å². The Bertz CT molecular complexity index is 1260. The number of benzene rings is 2. The number of pyridine rings is 1. The second-order valence-electron chi connectivity index (χ2n) is 6.86. The summed E-state index contributed by atoms with van der Waals surface area (Å²) in [6, 6.07) is 12.4. The molecule has 8 nitrogen and oxygen atoms in total. The number of nitrogens with two attached hydrogens (primary N) is 1. The van der Waals surface area contributed by atoms with Gasteiger partial charge in [-0.2, -0.15) is 0 Å². The Kier molecular flexibility index (Phi) is 5.29. The van der Waals surface area contributed by atoms with Crippen LogP contribution >= 0.6 is 0 Å². The highest BCUT2D eigenvalue weighted by atomic mass is 16.5. The number of H-pyrrole nitrogens is 1. The first-order chi connectivity index (χ1) is 15.0. The van der Waals surface area contributed by atoms with Crippen molar-refractivity contribution in [3.63, 3.8) is 0 Å². The zero-order valence-electron chi connectivity index (χ0n) is 17.4. The van der Waals surface area contributed by atoms with Gasteiger partial charge in [0.05, 0.1) is 37.8 Å². The average Bonchev–Trinajstić information content (AvgIpc) is 2.77. The summed E-state index contributed by atoms with van der Waals surface area (Å²) in [7, 11) is 3.00. The number of aromatic nitrogens is 1. The van der Waals surface area contributed by atoms with E-state index in [-0.39, 0.29) is 23.6 Å². The van der Waals surface area contributed by atoms with Crippen LogP contribution < -0.4 is 25.5 Å². The molecule has 3 N–H and O–H groups in total. The van der Waals surface area contributed by atoms with Gasteiger partial charge in [-0.15, -0.1) is 0 Å². The molecule has 1 aliphatic heterocycles. The van der Waals surface area contributed by atoms with Crippen molar-refractivity contribution in [2.75, 3.05) is 20.8 Å². The molecule has 1 aliphatic rings. The van der Waals surface area contributed by atoms with Gasteiger partial charge in [0, 0.05) is 10.9 Å². The van der Waals surface area contributed by atoms with Crippen LogP contribution in [0.4, 0.5) is 0 Å². The lowest BCUT2D eigenvalue weighted by atomic mass is 9.82. The van der Waals surface area contributed by atoms with Gasteiger partial charge in [0.15, 0.2) is 11.5 Å². The number of aromatic amines is 1. The van der Waals surface area contributed by atoms with E-state index in [0.29, 0.717) is 33.7 Å². The topological polar surface area (TPSA) is 113 Å². The highest BCUT2D eigenvalue weighted by molar-refractivity contribution is 5.95. The summed E-state index contributed by atoms with van der Waals surface area (Å²) in [5, 5.41) is 0.662. The minimum Gasteiger partial charge on any atom is -0.493 e. The van der Waals surface area contributed by atoms with E-state index in [0.717, 1.165) is 0 Å². The van der Waals surface area contributed by atoms with Gasteiger partial charge in [0.25, 0.3) is 5.56 Å². The van der Waals surface area contributed by atoms with Crippen molar-refractivity contribution in [2.24, 2.45) is 5.73 Å². The van der Waals surface area contributed by atoms with Gasteiger partial charge in [-0.3, -0.25) is 4.79 Å². The molecule has 0 fully saturated rings. The molecule has 1 aromatic heterocycles. The van der Waals surface area contributed by atoms with E-state index in [2.05, 4.69) is 4.98 Å². The summed E-state index contributed by atoms with van der Waals surface area (Å²) in [6.07, 6.45) is 0. The average molecular weight is 422 g/mol. The zero-order valence-corrected chi connectivity index (χ0v) is 17.4. The van der Waals surface area contributed by atoms with Gasteiger partial charge in [-0.1, -0.05) is 24.3 Å². The fourth-order valence-electron chi connectivity index (χ4n) is 3.93. The summed E-state index contributed by atoms with van der Waals surface area (Å²) < 4.78 is 22.1. The van der Waals surface area contributed by atoms with Gasteiger partial charge < -0.3 is 29.7 Å². The van der Waals surface area contributed by atoms with Crippen LogP contribution in [0.25, 0.3) is 10.9 Å². The Morgan fingerprint density at radius 3 is 2.61 bits per heavy atom. The fraction of sp³-hybridized carbons (Fsp3) is 0.217. The van der Waals surface area contributed by atoms with Crippen LogP contribution in [0, 0.1) is 0 Å². The number of fused-ring (bicyclic) bond motifs is 3. The molecule has 4 rings (SSSR count). The molecule has 2 aromatic carbocycles. The van der Waals surface area contributed by atoms with Gasteiger partial charge in [0.1, 0.15) is 11.3 Å². The Hall–Kier alpha value is -3.94. The molecule has 8 heteroatoms. The summed E-state index contributed by atoms with van der Waals surface area (Å²) >= 11 is 0. The van der Waals surface area contributed by atoms with E-state index in [4.69, 9.17) is 24.7 Å². The van der Waals surface area contributed by atoms with Gasteiger partial charge >= 0.3 is 5.97 Å². The molecule has 0 saturated heterocycles. The Morgan fingerprint density at radius 2 is 1.90 bits per heavy atom. The highest BCUT2D eigenvalue weighted by Gasteiger charge is 2.40. The molecule has 2 heterocycles. The maximum atomic E-state index is 13.2. The Balaban J connectivity index is 2.09. The van der Waals surface area contributed by atoms with Gasteiger partial charge in [-0.25, -0.2) is 4.79 Å². The highest BCUT2D eigenvalue weighted by Crippen LogP contribution is 2.47. The monoisotopic (exact) mass is 422 g/mol. The quantitative estimate of drug-likeness (QED) is 0.608. The van der Waals surface area contributed by atoms with Crippen LogP contribution in [0.5, 0.6) is 17.2 Å². The van der Waals surface area contributed by atoms with E-state index in [9.17, 15) is 9.59 Å². The molecule has 0 amide bonds. The van der Waals surface area contributed by atoms with E-state index in [1.807, 2.05) is 12.1 Å². The largest absolute Gasteiger partial charge is 0.493 e. The smallest absolute Gasteiger partial charge is 0.340 e. The Morgan fingerprint density at radius 1 is 1.13 bits per heavy atom. The number of nitrogens with one attached hydrogen (secondary N) is 1. The third-order valence-corrected chi connectivity index (χ3v) is 5.20. The van der Waals surface area contributed by atoms with Crippen LogP contribution in [0.3, 0.4) is 0 Å². The molecular weight excluding hydrogens is 400 g/mol. The first kappa shape index (κ1) is 20.3. The standard InChI is InChI=1S/C23H22N2O6/c1-4-30-23(27)18-16(13-9-7-11-15(28-2)19(13)29-3)17-20(31-21(18)24)12-8-5-6-10-14(12)25-22(17)26/h5-11,16H,4,24H2,1-3H3,(H,25,26).